The summed E-state index contributed by atoms with van der Waals surface area (Å²) in [6.45, 7) is 2.47. The Bertz CT molecular complexity index is 1060. The molecule has 1 saturated heterocycles. The van der Waals surface area contributed by atoms with Crippen molar-refractivity contribution in [1.29, 1.82) is 0 Å². The van der Waals surface area contributed by atoms with E-state index in [4.69, 9.17) is 11.6 Å². The van der Waals surface area contributed by atoms with Crippen LogP contribution in [0.1, 0.15) is 24.8 Å². The molecule has 1 heterocycles. The molecular formula is C22H25ClF3N3O3S. The lowest BCUT2D eigenvalue weighted by Gasteiger charge is -2.26. The van der Waals surface area contributed by atoms with Crippen LogP contribution in [0, 0.1) is 0 Å². The van der Waals surface area contributed by atoms with Crippen molar-refractivity contribution in [2.75, 3.05) is 37.0 Å². The van der Waals surface area contributed by atoms with Gasteiger partial charge in [0.05, 0.1) is 21.2 Å². The number of hydrogen-bond donors (Lipinski definition) is 1. The number of sulfonamides is 1. The summed E-state index contributed by atoms with van der Waals surface area (Å²) in [7, 11) is -4.37. The van der Waals surface area contributed by atoms with Gasteiger partial charge in [0, 0.05) is 6.54 Å². The van der Waals surface area contributed by atoms with E-state index < -0.39 is 39.9 Å². The molecule has 2 aromatic carbocycles. The highest BCUT2D eigenvalue weighted by Crippen LogP contribution is 2.37. The van der Waals surface area contributed by atoms with Crippen molar-refractivity contribution in [3.63, 3.8) is 0 Å². The Balaban J connectivity index is 1.83. The number of carbonyl (C=O) groups is 1. The molecule has 3 rings (SSSR count). The first-order valence-corrected chi connectivity index (χ1v) is 12.3. The summed E-state index contributed by atoms with van der Waals surface area (Å²) in [6.07, 6.45) is -1.73. The number of rotatable bonds is 9. The van der Waals surface area contributed by atoms with Crippen LogP contribution in [0.3, 0.4) is 0 Å². The zero-order chi connectivity index (χ0) is 24.1. The SMILES string of the molecule is O=C(CN(c1cc(C(F)(F)F)ccc1Cl)S(=O)(=O)c1ccccc1)NCCCN1CCCC1. The number of hydrogen-bond acceptors (Lipinski definition) is 4. The number of nitrogens with zero attached hydrogens (tertiary/aromatic N) is 2. The lowest BCUT2D eigenvalue weighted by atomic mass is 10.2. The Hall–Kier alpha value is -2.30. The van der Waals surface area contributed by atoms with Gasteiger partial charge in [-0.1, -0.05) is 29.8 Å². The summed E-state index contributed by atoms with van der Waals surface area (Å²) >= 11 is 6.11. The van der Waals surface area contributed by atoms with Gasteiger partial charge in [0.15, 0.2) is 0 Å². The largest absolute Gasteiger partial charge is 0.416 e. The van der Waals surface area contributed by atoms with Crippen LogP contribution in [-0.2, 0) is 21.0 Å². The van der Waals surface area contributed by atoms with E-state index in [0.717, 1.165) is 44.6 Å². The second-order valence-corrected chi connectivity index (χ2v) is 10.0. The van der Waals surface area contributed by atoms with E-state index in [1.807, 2.05) is 0 Å². The van der Waals surface area contributed by atoms with Crippen molar-refractivity contribution < 1.29 is 26.4 Å². The van der Waals surface area contributed by atoms with Crippen LogP contribution in [0.5, 0.6) is 0 Å². The monoisotopic (exact) mass is 503 g/mol. The summed E-state index contributed by atoms with van der Waals surface area (Å²) in [6, 6.07) is 9.56. The first kappa shape index (κ1) is 25.3. The summed E-state index contributed by atoms with van der Waals surface area (Å²) in [5.74, 6) is -0.635. The van der Waals surface area contributed by atoms with Gasteiger partial charge in [-0.15, -0.1) is 0 Å². The number of alkyl halides is 3. The second kappa shape index (κ2) is 10.8. The Morgan fingerprint density at radius 2 is 1.76 bits per heavy atom. The quantitative estimate of drug-likeness (QED) is 0.522. The molecule has 1 fully saturated rings. The fourth-order valence-electron chi connectivity index (χ4n) is 3.62. The van der Waals surface area contributed by atoms with E-state index in [9.17, 15) is 26.4 Å². The lowest BCUT2D eigenvalue weighted by molar-refractivity contribution is -0.137. The smallest absolute Gasteiger partial charge is 0.354 e. The lowest BCUT2D eigenvalue weighted by Crippen LogP contribution is -2.41. The van der Waals surface area contributed by atoms with Crippen molar-refractivity contribution in [2.45, 2.75) is 30.3 Å². The maximum atomic E-state index is 13.3. The topological polar surface area (TPSA) is 69.7 Å². The van der Waals surface area contributed by atoms with E-state index in [-0.39, 0.29) is 9.92 Å². The number of benzene rings is 2. The number of likely N-dealkylation sites (tertiary alicyclic amines) is 1. The summed E-state index contributed by atoms with van der Waals surface area (Å²) < 4.78 is 67.0. The second-order valence-electron chi connectivity index (χ2n) is 7.74. The molecule has 33 heavy (non-hydrogen) atoms. The maximum Gasteiger partial charge on any atom is 0.416 e. The first-order valence-electron chi connectivity index (χ1n) is 10.5. The predicted molar refractivity (Wildman–Crippen MR) is 121 cm³/mol. The van der Waals surface area contributed by atoms with Crippen LogP contribution in [0.4, 0.5) is 18.9 Å². The standard InChI is InChI=1S/C22H25ClF3N3O3S/c23-19-10-9-17(22(24,25)26)15-20(19)29(33(31,32)18-7-2-1-3-8-18)16-21(30)27-11-6-14-28-12-4-5-13-28/h1-3,7-10,15H,4-6,11-14,16H2,(H,27,30). The van der Waals surface area contributed by atoms with E-state index in [2.05, 4.69) is 10.2 Å². The van der Waals surface area contributed by atoms with Crippen molar-refractivity contribution in [3.8, 4) is 0 Å². The minimum absolute atomic E-state index is 0.166. The van der Waals surface area contributed by atoms with Crippen LogP contribution in [0.25, 0.3) is 0 Å². The number of halogens is 4. The fraction of sp³-hybridized carbons (Fsp3) is 0.409. The molecule has 0 unspecified atom stereocenters. The number of anilines is 1. The number of nitrogens with one attached hydrogen (secondary N) is 1. The summed E-state index contributed by atoms with van der Waals surface area (Å²) in [5, 5.41) is 2.44. The Morgan fingerprint density at radius 3 is 2.39 bits per heavy atom. The average molecular weight is 504 g/mol. The molecule has 0 aromatic heterocycles. The number of carbonyl (C=O) groups excluding carboxylic acids is 1. The van der Waals surface area contributed by atoms with Crippen LogP contribution in [0.15, 0.2) is 53.4 Å². The zero-order valence-electron chi connectivity index (χ0n) is 17.8. The number of amides is 1. The van der Waals surface area contributed by atoms with Gasteiger partial charge < -0.3 is 10.2 Å². The van der Waals surface area contributed by atoms with Crippen LogP contribution in [0.2, 0.25) is 5.02 Å². The molecule has 0 bridgehead atoms. The predicted octanol–water partition coefficient (Wildman–Crippen LogP) is 4.16. The summed E-state index contributed by atoms with van der Waals surface area (Å²) in [5.41, 5.74) is -1.48. The Kier molecular flexibility index (Phi) is 8.25. The summed E-state index contributed by atoms with van der Waals surface area (Å²) in [4.78, 5) is 14.7. The van der Waals surface area contributed by atoms with Crippen molar-refractivity contribution in [3.05, 3.63) is 59.1 Å². The first-order chi connectivity index (χ1) is 15.6. The molecule has 1 N–H and O–H groups in total. The molecular weight excluding hydrogens is 479 g/mol. The van der Waals surface area contributed by atoms with Crippen LogP contribution >= 0.6 is 11.6 Å². The molecule has 2 aromatic rings. The molecule has 6 nitrogen and oxygen atoms in total. The van der Waals surface area contributed by atoms with Gasteiger partial charge >= 0.3 is 6.18 Å². The molecule has 0 radical (unpaired) electrons. The Morgan fingerprint density at radius 1 is 1.09 bits per heavy atom. The molecule has 0 saturated carbocycles. The van der Waals surface area contributed by atoms with E-state index >= 15 is 0 Å². The van der Waals surface area contributed by atoms with Gasteiger partial charge in [-0.05, 0) is 69.2 Å². The van der Waals surface area contributed by atoms with Crippen molar-refractivity contribution >= 4 is 33.2 Å². The van der Waals surface area contributed by atoms with Gasteiger partial charge in [0.2, 0.25) is 5.91 Å². The molecule has 11 heteroatoms. The molecule has 0 atom stereocenters. The van der Waals surface area contributed by atoms with Gasteiger partial charge in [-0.25, -0.2) is 8.42 Å². The Labute approximate surface area is 196 Å². The molecule has 0 spiro atoms. The maximum absolute atomic E-state index is 13.3. The minimum Gasteiger partial charge on any atom is -0.354 e. The molecule has 1 amide bonds. The van der Waals surface area contributed by atoms with Crippen molar-refractivity contribution in [1.82, 2.24) is 10.2 Å². The van der Waals surface area contributed by atoms with Gasteiger partial charge in [0.1, 0.15) is 6.54 Å². The third kappa shape index (κ3) is 6.61. The van der Waals surface area contributed by atoms with Gasteiger partial charge in [0.25, 0.3) is 10.0 Å². The van der Waals surface area contributed by atoms with Crippen molar-refractivity contribution in [2.24, 2.45) is 0 Å². The third-order valence-electron chi connectivity index (χ3n) is 5.33. The third-order valence-corrected chi connectivity index (χ3v) is 7.43. The van der Waals surface area contributed by atoms with Crippen LogP contribution < -0.4 is 9.62 Å². The highest BCUT2D eigenvalue weighted by Gasteiger charge is 2.34. The minimum atomic E-state index is -4.71. The molecule has 1 aliphatic rings. The zero-order valence-corrected chi connectivity index (χ0v) is 19.4. The molecule has 1 aliphatic heterocycles. The van der Waals surface area contributed by atoms with Gasteiger partial charge in [-0.3, -0.25) is 9.10 Å². The van der Waals surface area contributed by atoms with Crippen LogP contribution in [-0.4, -0.2) is 51.9 Å². The highest BCUT2D eigenvalue weighted by atomic mass is 35.5. The average Bonchev–Trinajstić information content (AvgIpc) is 3.29. The van der Waals surface area contributed by atoms with E-state index in [0.29, 0.717) is 23.3 Å². The van der Waals surface area contributed by atoms with E-state index in [1.165, 1.54) is 24.3 Å². The highest BCUT2D eigenvalue weighted by molar-refractivity contribution is 7.92. The molecule has 180 valence electrons. The van der Waals surface area contributed by atoms with Gasteiger partial charge in [-0.2, -0.15) is 13.2 Å². The molecule has 0 aliphatic carbocycles. The van der Waals surface area contributed by atoms with E-state index in [1.54, 1.807) is 6.07 Å². The fourth-order valence-corrected chi connectivity index (χ4v) is 5.34. The normalized spacial score (nSPS) is 14.9.